The van der Waals surface area contributed by atoms with Crippen molar-refractivity contribution in [2.45, 2.75) is 77.6 Å². The van der Waals surface area contributed by atoms with Gasteiger partial charge in [-0.15, -0.1) is 0 Å². The number of alkyl carbamates (subject to hydrolysis) is 1. The number of ketones is 1. The van der Waals surface area contributed by atoms with Crippen LogP contribution in [0.3, 0.4) is 0 Å². The summed E-state index contributed by atoms with van der Waals surface area (Å²) < 4.78 is 5.20. The Bertz CT molecular complexity index is 1280. The van der Waals surface area contributed by atoms with Crippen molar-refractivity contribution < 1.29 is 38.6 Å². The lowest BCUT2D eigenvalue weighted by Gasteiger charge is -2.25. The first-order valence-corrected chi connectivity index (χ1v) is 13.3. The third-order valence-electron chi connectivity index (χ3n) is 5.90. The van der Waals surface area contributed by atoms with Gasteiger partial charge in [-0.25, -0.2) is 4.79 Å². The number of benzene rings is 2. The predicted octanol–water partition coefficient (Wildman–Crippen LogP) is 1.84. The van der Waals surface area contributed by atoms with Crippen LogP contribution in [0.1, 0.15) is 53.0 Å². The number of hydrogen-bond donors (Lipinski definition) is 5. The molecule has 12 heteroatoms. The van der Waals surface area contributed by atoms with Crippen molar-refractivity contribution in [3.05, 3.63) is 48.0 Å². The van der Waals surface area contributed by atoms with E-state index in [0.717, 1.165) is 16.3 Å². The van der Waals surface area contributed by atoms with Gasteiger partial charge in [0.15, 0.2) is 0 Å². The Balaban J connectivity index is 2.30. The average Bonchev–Trinajstić information content (AvgIpc) is 2.89. The van der Waals surface area contributed by atoms with Gasteiger partial charge in [-0.2, -0.15) is 0 Å². The van der Waals surface area contributed by atoms with Gasteiger partial charge in [-0.1, -0.05) is 55.8 Å². The first-order valence-electron chi connectivity index (χ1n) is 13.3. The molecular formula is C29H38N4O8. The molecule has 1 unspecified atom stereocenters. The molecule has 0 aliphatic carbocycles. The van der Waals surface area contributed by atoms with Crippen LogP contribution in [-0.4, -0.2) is 70.9 Å². The fourth-order valence-electron chi connectivity index (χ4n) is 3.98. The van der Waals surface area contributed by atoms with Gasteiger partial charge in [-0.05, 0) is 50.5 Å². The standard InChI is InChI=1S/C29H38N4O8/c1-6-10-21(24(36)27(39)30-16-23(34)35)32-26(38)22(15-19-13-9-12-18-11-7-8-14-20(18)19)33-25(37)17(2)31-28(40)41-29(3,4)5/h7-9,11-14,17,21-22H,6,10,15-16H2,1-5H3,(H,30,39)(H,31,40)(H,32,38)(H,33,37)(H,34,35)/t17-,21?,22-/m0/s1. The number of carbonyl (C=O) groups excluding carboxylic acids is 5. The minimum atomic E-state index is -1.32. The van der Waals surface area contributed by atoms with Crippen LogP contribution in [-0.2, 0) is 35.1 Å². The van der Waals surface area contributed by atoms with E-state index >= 15 is 0 Å². The molecule has 0 radical (unpaired) electrons. The van der Waals surface area contributed by atoms with Crippen LogP contribution in [0.4, 0.5) is 4.79 Å². The number of ether oxygens (including phenoxy) is 1. The van der Waals surface area contributed by atoms with Crippen LogP contribution < -0.4 is 21.3 Å². The summed E-state index contributed by atoms with van der Waals surface area (Å²) in [4.78, 5) is 74.5. The Kier molecular flexibility index (Phi) is 11.8. The highest BCUT2D eigenvalue weighted by Crippen LogP contribution is 2.20. The number of rotatable bonds is 13. The van der Waals surface area contributed by atoms with E-state index in [1.165, 1.54) is 6.92 Å². The molecule has 2 rings (SSSR count). The van der Waals surface area contributed by atoms with Gasteiger partial charge in [0, 0.05) is 6.42 Å². The van der Waals surface area contributed by atoms with Crippen molar-refractivity contribution in [2.75, 3.05) is 6.54 Å². The fraction of sp³-hybridized carbons (Fsp3) is 0.448. The molecule has 2 aromatic rings. The van der Waals surface area contributed by atoms with Gasteiger partial charge in [0.1, 0.15) is 24.2 Å². The van der Waals surface area contributed by atoms with E-state index in [4.69, 9.17) is 9.84 Å². The van der Waals surface area contributed by atoms with E-state index in [9.17, 15) is 28.8 Å². The van der Waals surface area contributed by atoms with Crippen molar-refractivity contribution in [2.24, 2.45) is 0 Å². The maximum atomic E-state index is 13.5. The van der Waals surface area contributed by atoms with Gasteiger partial charge in [0.25, 0.3) is 5.91 Å². The van der Waals surface area contributed by atoms with Crippen molar-refractivity contribution in [1.82, 2.24) is 21.3 Å². The smallest absolute Gasteiger partial charge is 0.408 e. The maximum absolute atomic E-state index is 13.5. The van der Waals surface area contributed by atoms with Crippen molar-refractivity contribution in [3.63, 3.8) is 0 Å². The molecule has 0 fully saturated rings. The third kappa shape index (κ3) is 10.5. The first-order chi connectivity index (χ1) is 19.2. The second-order valence-corrected chi connectivity index (χ2v) is 10.6. The van der Waals surface area contributed by atoms with E-state index < -0.39 is 65.8 Å². The highest BCUT2D eigenvalue weighted by atomic mass is 16.6. The number of amides is 4. The zero-order valence-electron chi connectivity index (χ0n) is 23.9. The normalized spacial score (nSPS) is 13.3. The Morgan fingerprint density at radius 1 is 0.878 bits per heavy atom. The number of hydrogen-bond acceptors (Lipinski definition) is 7. The summed E-state index contributed by atoms with van der Waals surface area (Å²) in [5.74, 6) is -4.87. The summed E-state index contributed by atoms with van der Waals surface area (Å²) in [6, 6.07) is 9.54. The molecule has 0 saturated carbocycles. The third-order valence-corrected chi connectivity index (χ3v) is 5.90. The number of carboxylic acids is 1. The minimum Gasteiger partial charge on any atom is -0.480 e. The molecule has 0 aliphatic rings. The number of fused-ring (bicyclic) bond motifs is 1. The summed E-state index contributed by atoms with van der Waals surface area (Å²) in [5, 5.41) is 20.2. The van der Waals surface area contributed by atoms with Crippen molar-refractivity contribution in [3.8, 4) is 0 Å². The topological polar surface area (TPSA) is 180 Å². The van der Waals surface area contributed by atoms with Gasteiger partial charge in [0.2, 0.25) is 17.6 Å². The lowest BCUT2D eigenvalue weighted by atomic mass is 9.97. The van der Waals surface area contributed by atoms with Crippen LogP contribution in [0.2, 0.25) is 0 Å². The first kappa shape index (κ1) is 32.7. The summed E-state index contributed by atoms with van der Waals surface area (Å²) >= 11 is 0. The zero-order valence-corrected chi connectivity index (χ0v) is 23.9. The van der Waals surface area contributed by atoms with E-state index in [1.54, 1.807) is 27.7 Å². The molecule has 0 heterocycles. The molecular weight excluding hydrogens is 532 g/mol. The monoisotopic (exact) mass is 570 g/mol. The molecule has 41 heavy (non-hydrogen) atoms. The summed E-state index contributed by atoms with van der Waals surface area (Å²) in [5.41, 5.74) is -0.0388. The van der Waals surface area contributed by atoms with Gasteiger partial charge >= 0.3 is 12.1 Å². The van der Waals surface area contributed by atoms with E-state index in [2.05, 4.69) is 16.0 Å². The van der Waals surface area contributed by atoms with Crippen LogP contribution in [0.25, 0.3) is 10.8 Å². The molecule has 2 aromatic carbocycles. The van der Waals surface area contributed by atoms with Crippen LogP contribution in [0.5, 0.6) is 0 Å². The lowest BCUT2D eigenvalue weighted by Crippen LogP contribution is -2.57. The number of Topliss-reactive ketones (excluding diaryl/α,β-unsaturated/α-hetero) is 1. The van der Waals surface area contributed by atoms with Crippen molar-refractivity contribution in [1.29, 1.82) is 0 Å². The maximum Gasteiger partial charge on any atom is 0.408 e. The molecule has 4 amide bonds. The summed E-state index contributed by atoms with van der Waals surface area (Å²) in [7, 11) is 0. The highest BCUT2D eigenvalue weighted by Gasteiger charge is 2.31. The van der Waals surface area contributed by atoms with Crippen LogP contribution >= 0.6 is 0 Å². The summed E-state index contributed by atoms with van der Waals surface area (Å²) in [6.07, 6.45) is -0.233. The molecule has 12 nitrogen and oxygen atoms in total. The van der Waals surface area contributed by atoms with Crippen molar-refractivity contribution >= 4 is 46.3 Å². The number of carboxylic acid groups (broad SMARTS) is 1. The summed E-state index contributed by atoms with van der Waals surface area (Å²) in [6.45, 7) is 7.47. The Morgan fingerprint density at radius 2 is 1.51 bits per heavy atom. The van der Waals surface area contributed by atoms with Gasteiger partial charge < -0.3 is 31.1 Å². The molecule has 5 N–H and O–H groups in total. The molecule has 0 spiro atoms. The van der Waals surface area contributed by atoms with E-state index in [1.807, 2.05) is 47.8 Å². The van der Waals surface area contributed by atoms with Crippen LogP contribution in [0, 0.1) is 0 Å². The molecule has 0 aromatic heterocycles. The Labute approximate surface area is 238 Å². The second kappa shape index (κ2) is 14.8. The molecule has 0 aliphatic heterocycles. The molecule has 0 saturated heterocycles. The van der Waals surface area contributed by atoms with Gasteiger partial charge in [0.05, 0.1) is 6.04 Å². The van der Waals surface area contributed by atoms with Gasteiger partial charge in [-0.3, -0.25) is 24.0 Å². The Hall–Kier alpha value is -4.48. The zero-order chi connectivity index (χ0) is 30.7. The number of aliphatic carboxylic acids is 1. The van der Waals surface area contributed by atoms with E-state index in [0.29, 0.717) is 6.42 Å². The highest BCUT2D eigenvalue weighted by molar-refractivity contribution is 6.38. The number of carbonyl (C=O) groups is 6. The Morgan fingerprint density at radius 3 is 2.15 bits per heavy atom. The quantitative estimate of drug-likeness (QED) is 0.226. The number of nitrogens with one attached hydrogen (secondary N) is 4. The molecule has 222 valence electrons. The van der Waals surface area contributed by atoms with E-state index in [-0.39, 0.29) is 12.8 Å². The minimum absolute atomic E-state index is 0.0380. The SMILES string of the molecule is CCCC(NC(=O)[C@H](Cc1cccc2ccccc12)NC(=O)[C@H](C)NC(=O)OC(C)(C)C)C(=O)C(=O)NCC(=O)O. The average molecular weight is 571 g/mol. The predicted molar refractivity (Wildman–Crippen MR) is 151 cm³/mol. The molecule has 3 atom stereocenters. The fourth-order valence-corrected chi connectivity index (χ4v) is 3.98. The largest absolute Gasteiger partial charge is 0.480 e. The lowest BCUT2D eigenvalue weighted by molar-refractivity contribution is -0.143. The van der Waals surface area contributed by atoms with Crippen LogP contribution in [0.15, 0.2) is 42.5 Å². The second-order valence-electron chi connectivity index (χ2n) is 10.6. The molecule has 0 bridgehead atoms.